The Morgan fingerprint density at radius 3 is 3.00 bits per heavy atom. The van der Waals surface area contributed by atoms with E-state index in [1.54, 1.807) is 7.11 Å². The zero-order valence-corrected chi connectivity index (χ0v) is 9.39. The highest BCUT2D eigenvalue weighted by molar-refractivity contribution is 7.85. The third-order valence-electron chi connectivity index (χ3n) is 2.65. The monoisotopic (exact) mass is 215 g/mol. The minimum Gasteiger partial charge on any atom is -0.385 e. The van der Waals surface area contributed by atoms with Gasteiger partial charge in [-0.3, -0.25) is 4.21 Å². The average Bonchev–Trinajstić information content (AvgIpc) is 2.65. The van der Waals surface area contributed by atoms with Crippen LogP contribution in [-0.2, 0) is 15.5 Å². The maximum absolute atomic E-state index is 11.8. The second kappa shape index (κ2) is 6.15. The summed E-state index contributed by atoms with van der Waals surface area (Å²) in [6.45, 7) is 0.662. The lowest BCUT2D eigenvalue weighted by Crippen LogP contribution is -2.21. The van der Waals surface area contributed by atoms with Crippen LogP contribution in [0.1, 0.15) is 25.7 Å². The molecule has 0 radical (unpaired) electrons. The Bertz CT molecular complexity index is 237. The van der Waals surface area contributed by atoms with Crippen LogP contribution in [0.4, 0.5) is 0 Å². The summed E-state index contributed by atoms with van der Waals surface area (Å²) in [6.07, 6.45) is 3.77. The number of rotatable bonds is 5. The van der Waals surface area contributed by atoms with Gasteiger partial charge in [-0.15, -0.1) is 0 Å². The molecule has 0 aromatic rings. The fourth-order valence-corrected chi connectivity index (χ4v) is 3.58. The molecule has 0 amide bonds. The first kappa shape index (κ1) is 11.7. The number of nitrogens with zero attached hydrogens (tertiary/aromatic N) is 1. The Hall–Kier alpha value is -0.400. The van der Waals surface area contributed by atoms with E-state index in [0.717, 1.165) is 25.7 Å². The van der Waals surface area contributed by atoms with Crippen molar-refractivity contribution in [3.8, 4) is 6.07 Å². The van der Waals surface area contributed by atoms with E-state index >= 15 is 0 Å². The van der Waals surface area contributed by atoms with Gasteiger partial charge in [0.2, 0.25) is 0 Å². The van der Waals surface area contributed by atoms with Gasteiger partial charge in [-0.25, -0.2) is 0 Å². The summed E-state index contributed by atoms with van der Waals surface area (Å²) < 4.78 is 16.7. The second-order valence-corrected chi connectivity index (χ2v) is 5.41. The van der Waals surface area contributed by atoms with Crippen molar-refractivity contribution in [1.29, 1.82) is 5.26 Å². The van der Waals surface area contributed by atoms with E-state index in [1.165, 1.54) is 0 Å². The van der Waals surface area contributed by atoms with Gasteiger partial charge in [-0.05, 0) is 19.3 Å². The van der Waals surface area contributed by atoms with Crippen molar-refractivity contribution in [3.63, 3.8) is 0 Å². The third kappa shape index (κ3) is 3.07. The van der Waals surface area contributed by atoms with Crippen LogP contribution < -0.4 is 0 Å². The van der Waals surface area contributed by atoms with Gasteiger partial charge in [-0.2, -0.15) is 5.26 Å². The van der Waals surface area contributed by atoms with E-state index in [1.807, 2.05) is 0 Å². The highest BCUT2D eigenvalue weighted by Crippen LogP contribution is 2.29. The van der Waals surface area contributed by atoms with Crippen molar-refractivity contribution < 1.29 is 8.95 Å². The largest absolute Gasteiger partial charge is 0.385 e. The molecule has 0 spiro atoms. The summed E-state index contributed by atoms with van der Waals surface area (Å²) in [7, 11) is 0.820. The predicted octanol–water partition coefficient (Wildman–Crippen LogP) is 1.46. The first-order valence-corrected chi connectivity index (χ1v) is 6.43. The minimum absolute atomic E-state index is 0.0263. The standard InChI is InChI=1S/C10H17NO2S/c1-13-6-3-7-14(12)10-5-2-4-9(10)8-11/h9-10H,2-7H2,1H3. The van der Waals surface area contributed by atoms with E-state index in [-0.39, 0.29) is 11.2 Å². The van der Waals surface area contributed by atoms with Crippen molar-refractivity contribution in [2.45, 2.75) is 30.9 Å². The maximum Gasteiger partial charge on any atom is 0.0668 e. The molecule has 1 aliphatic carbocycles. The number of methoxy groups -OCH3 is 1. The van der Waals surface area contributed by atoms with Crippen LogP contribution in [0.3, 0.4) is 0 Å². The van der Waals surface area contributed by atoms with Crippen molar-refractivity contribution in [2.24, 2.45) is 5.92 Å². The molecule has 0 aromatic heterocycles. The summed E-state index contributed by atoms with van der Waals surface area (Å²) in [5, 5.41) is 8.97. The molecule has 0 N–H and O–H groups in total. The van der Waals surface area contributed by atoms with E-state index in [0.29, 0.717) is 12.4 Å². The summed E-state index contributed by atoms with van der Waals surface area (Å²) >= 11 is 0. The van der Waals surface area contributed by atoms with Gasteiger partial charge in [0.25, 0.3) is 0 Å². The van der Waals surface area contributed by atoms with Gasteiger partial charge >= 0.3 is 0 Å². The zero-order chi connectivity index (χ0) is 10.4. The SMILES string of the molecule is COCCCS(=O)C1CCCC1C#N. The van der Waals surface area contributed by atoms with Crippen LogP contribution in [0, 0.1) is 17.2 Å². The maximum atomic E-state index is 11.8. The van der Waals surface area contributed by atoms with Gasteiger partial charge in [0.15, 0.2) is 0 Å². The molecule has 1 fully saturated rings. The van der Waals surface area contributed by atoms with Crippen LogP contribution in [0.2, 0.25) is 0 Å². The van der Waals surface area contributed by atoms with Gasteiger partial charge in [0.1, 0.15) is 0 Å². The molecule has 4 heteroatoms. The normalized spacial score (nSPS) is 28.6. The molecule has 0 aliphatic heterocycles. The quantitative estimate of drug-likeness (QED) is 0.652. The molecule has 80 valence electrons. The molecule has 3 nitrogen and oxygen atoms in total. The molecule has 3 unspecified atom stereocenters. The third-order valence-corrected chi connectivity index (χ3v) is 4.58. The summed E-state index contributed by atoms with van der Waals surface area (Å²) in [5.41, 5.74) is 0. The van der Waals surface area contributed by atoms with Crippen LogP contribution in [0.5, 0.6) is 0 Å². The number of hydrogen-bond donors (Lipinski definition) is 0. The summed E-state index contributed by atoms with van der Waals surface area (Å²) in [6, 6.07) is 2.26. The Kier molecular flexibility index (Phi) is 5.13. The topological polar surface area (TPSA) is 50.1 Å². The Labute approximate surface area is 87.9 Å². The molecule has 3 atom stereocenters. The van der Waals surface area contributed by atoms with Crippen LogP contribution in [0.25, 0.3) is 0 Å². The molecule has 0 saturated heterocycles. The highest BCUT2D eigenvalue weighted by atomic mass is 32.2. The minimum atomic E-state index is -0.829. The molecule has 0 heterocycles. The van der Waals surface area contributed by atoms with Crippen molar-refractivity contribution in [3.05, 3.63) is 0 Å². The zero-order valence-electron chi connectivity index (χ0n) is 8.57. The summed E-state index contributed by atoms with van der Waals surface area (Å²) in [4.78, 5) is 0. The van der Waals surface area contributed by atoms with Gasteiger partial charge < -0.3 is 4.74 Å². The van der Waals surface area contributed by atoms with Gasteiger partial charge in [0, 0.05) is 30.3 Å². The molecule has 0 aromatic carbocycles. The summed E-state index contributed by atoms with van der Waals surface area (Å²) in [5.74, 6) is 0.704. The highest BCUT2D eigenvalue weighted by Gasteiger charge is 2.31. The van der Waals surface area contributed by atoms with E-state index in [2.05, 4.69) is 6.07 Å². The van der Waals surface area contributed by atoms with Crippen molar-refractivity contribution in [1.82, 2.24) is 0 Å². The fraction of sp³-hybridized carbons (Fsp3) is 0.900. The molecular formula is C10H17NO2S. The van der Waals surface area contributed by atoms with Crippen molar-refractivity contribution in [2.75, 3.05) is 19.5 Å². The molecule has 1 rings (SSSR count). The number of ether oxygens (including phenoxy) is 1. The van der Waals surface area contributed by atoms with E-state index < -0.39 is 10.8 Å². The van der Waals surface area contributed by atoms with Crippen LogP contribution in [-0.4, -0.2) is 28.9 Å². The molecule has 14 heavy (non-hydrogen) atoms. The Morgan fingerprint density at radius 2 is 2.36 bits per heavy atom. The van der Waals surface area contributed by atoms with Gasteiger partial charge in [-0.1, -0.05) is 6.42 Å². The lowest BCUT2D eigenvalue weighted by Gasteiger charge is -2.12. The Morgan fingerprint density at radius 1 is 1.57 bits per heavy atom. The number of hydrogen-bond acceptors (Lipinski definition) is 3. The predicted molar refractivity (Wildman–Crippen MR) is 56.2 cm³/mol. The van der Waals surface area contributed by atoms with Crippen LogP contribution in [0.15, 0.2) is 0 Å². The fourth-order valence-electron chi connectivity index (χ4n) is 1.89. The smallest absolute Gasteiger partial charge is 0.0668 e. The molecule has 0 bridgehead atoms. The first-order valence-electron chi connectivity index (χ1n) is 5.05. The van der Waals surface area contributed by atoms with E-state index in [4.69, 9.17) is 10.00 Å². The van der Waals surface area contributed by atoms with E-state index in [9.17, 15) is 4.21 Å². The van der Waals surface area contributed by atoms with Crippen molar-refractivity contribution >= 4 is 10.8 Å². The first-order chi connectivity index (χ1) is 6.79. The average molecular weight is 215 g/mol. The second-order valence-electron chi connectivity index (χ2n) is 3.64. The molecular weight excluding hydrogens is 198 g/mol. The molecule has 1 aliphatic rings. The Balaban J connectivity index is 2.33. The van der Waals surface area contributed by atoms with Crippen LogP contribution >= 0.6 is 0 Å². The molecule has 1 saturated carbocycles. The lowest BCUT2D eigenvalue weighted by atomic mass is 10.1. The number of nitriles is 1. The lowest BCUT2D eigenvalue weighted by molar-refractivity contribution is 0.200. The van der Waals surface area contributed by atoms with Gasteiger partial charge in [0.05, 0.1) is 17.2 Å².